The summed E-state index contributed by atoms with van der Waals surface area (Å²) in [5.41, 5.74) is 7.13. The Hall–Kier alpha value is -2.50. The second-order valence-corrected chi connectivity index (χ2v) is 4.54. The second kappa shape index (κ2) is 4.31. The topological polar surface area (TPSA) is 84.4 Å². The van der Waals surface area contributed by atoms with Gasteiger partial charge in [-0.1, -0.05) is 0 Å². The van der Waals surface area contributed by atoms with Crippen LogP contribution in [0.3, 0.4) is 0 Å². The third-order valence-corrected chi connectivity index (χ3v) is 3.38. The minimum absolute atomic E-state index is 0.141. The van der Waals surface area contributed by atoms with Crippen molar-refractivity contribution in [1.82, 2.24) is 9.55 Å². The Morgan fingerprint density at radius 2 is 2.21 bits per heavy atom. The fourth-order valence-corrected chi connectivity index (χ4v) is 2.34. The van der Waals surface area contributed by atoms with Gasteiger partial charge in [-0.25, -0.2) is 9.78 Å². The van der Waals surface area contributed by atoms with Crippen molar-refractivity contribution in [2.75, 3.05) is 17.2 Å². The molecule has 0 atom stereocenters. The van der Waals surface area contributed by atoms with Crippen molar-refractivity contribution in [3.8, 4) is 0 Å². The number of benzene rings is 1. The van der Waals surface area contributed by atoms with E-state index in [1.54, 1.807) is 24.4 Å². The Kier molecular flexibility index (Phi) is 2.63. The third kappa shape index (κ3) is 2.01. The maximum atomic E-state index is 10.9. The average molecular weight is 258 g/mol. The van der Waals surface area contributed by atoms with Gasteiger partial charge in [0.2, 0.25) is 0 Å². The van der Waals surface area contributed by atoms with E-state index in [9.17, 15) is 4.79 Å². The number of rotatable bonds is 2. The van der Waals surface area contributed by atoms with E-state index in [0.717, 1.165) is 24.6 Å². The first-order chi connectivity index (χ1) is 9.15. The fourth-order valence-electron chi connectivity index (χ4n) is 2.34. The Morgan fingerprint density at radius 3 is 2.95 bits per heavy atom. The molecule has 0 fully saturated rings. The quantitative estimate of drug-likeness (QED) is 0.790. The van der Waals surface area contributed by atoms with Crippen LogP contribution < -0.4 is 10.6 Å². The van der Waals surface area contributed by atoms with Crippen LogP contribution in [0.2, 0.25) is 0 Å². The van der Waals surface area contributed by atoms with Gasteiger partial charge in [0.1, 0.15) is 5.82 Å². The number of nitrogen functional groups attached to an aromatic ring is 1. The number of fused-ring (bicyclic) bond motifs is 1. The predicted molar refractivity (Wildman–Crippen MR) is 71.1 cm³/mol. The Balaban J connectivity index is 1.88. The van der Waals surface area contributed by atoms with E-state index in [1.165, 1.54) is 0 Å². The lowest BCUT2D eigenvalue weighted by Crippen LogP contribution is -2.33. The summed E-state index contributed by atoms with van der Waals surface area (Å²) in [5, 5.41) is 8.96. The van der Waals surface area contributed by atoms with Crippen LogP contribution in [0.1, 0.15) is 16.2 Å². The number of carboxylic acids is 1. The van der Waals surface area contributed by atoms with E-state index >= 15 is 0 Å². The monoisotopic (exact) mass is 258 g/mol. The number of aromatic carboxylic acids is 1. The zero-order valence-corrected chi connectivity index (χ0v) is 10.3. The molecule has 0 amide bonds. The molecule has 0 saturated carbocycles. The van der Waals surface area contributed by atoms with Crippen LogP contribution in [0.4, 0.5) is 11.4 Å². The minimum atomic E-state index is -1.00. The molecule has 0 spiro atoms. The molecule has 1 aliphatic heterocycles. The molecule has 98 valence electrons. The summed E-state index contributed by atoms with van der Waals surface area (Å²) in [4.78, 5) is 17.4. The van der Waals surface area contributed by atoms with Crippen molar-refractivity contribution in [3.05, 3.63) is 42.0 Å². The van der Waals surface area contributed by atoms with Crippen molar-refractivity contribution in [3.63, 3.8) is 0 Å². The Labute approximate surface area is 110 Å². The zero-order valence-electron chi connectivity index (χ0n) is 10.3. The van der Waals surface area contributed by atoms with E-state index in [4.69, 9.17) is 10.8 Å². The van der Waals surface area contributed by atoms with E-state index < -0.39 is 5.97 Å². The highest BCUT2D eigenvalue weighted by Crippen LogP contribution is 2.24. The molecule has 6 heteroatoms. The van der Waals surface area contributed by atoms with Gasteiger partial charge < -0.3 is 20.3 Å². The van der Waals surface area contributed by atoms with Gasteiger partial charge in [0.25, 0.3) is 0 Å². The lowest BCUT2D eigenvalue weighted by molar-refractivity contribution is 0.0698. The molecule has 0 unspecified atom stereocenters. The van der Waals surface area contributed by atoms with Gasteiger partial charge in [-0.15, -0.1) is 0 Å². The third-order valence-electron chi connectivity index (χ3n) is 3.38. The summed E-state index contributed by atoms with van der Waals surface area (Å²) in [5.74, 6) is 0.00497. The van der Waals surface area contributed by atoms with Gasteiger partial charge >= 0.3 is 5.97 Å². The van der Waals surface area contributed by atoms with Gasteiger partial charge in [0, 0.05) is 36.9 Å². The SMILES string of the molecule is Nc1cc(N2CCn3ccnc3C2)ccc1C(=O)O. The first kappa shape index (κ1) is 11.6. The van der Waals surface area contributed by atoms with Gasteiger partial charge in [0.15, 0.2) is 0 Å². The van der Waals surface area contributed by atoms with Crippen molar-refractivity contribution < 1.29 is 9.90 Å². The fraction of sp³-hybridized carbons (Fsp3) is 0.231. The molecule has 2 aromatic rings. The van der Waals surface area contributed by atoms with Crippen LogP contribution in [0, 0.1) is 0 Å². The molecule has 19 heavy (non-hydrogen) atoms. The summed E-state index contributed by atoms with van der Waals surface area (Å²) in [6.07, 6.45) is 3.76. The second-order valence-electron chi connectivity index (χ2n) is 4.54. The summed E-state index contributed by atoms with van der Waals surface area (Å²) in [6, 6.07) is 5.05. The van der Waals surface area contributed by atoms with Crippen LogP contribution in [0.15, 0.2) is 30.6 Å². The molecular weight excluding hydrogens is 244 g/mol. The first-order valence-corrected chi connectivity index (χ1v) is 6.03. The molecule has 0 aliphatic carbocycles. The van der Waals surface area contributed by atoms with Gasteiger partial charge in [0.05, 0.1) is 12.1 Å². The maximum Gasteiger partial charge on any atom is 0.337 e. The summed E-state index contributed by atoms with van der Waals surface area (Å²) in [6.45, 7) is 2.43. The first-order valence-electron chi connectivity index (χ1n) is 6.03. The van der Waals surface area contributed by atoms with Crippen molar-refractivity contribution >= 4 is 17.3 Å². The highest BCUT2D eigenvalue weighted by molar-refractivity contribution is 5.94. The summed E-state index contributed by atoms with van der Waals surface area (Å²) < 4.78 is 2.12. The number of nitrogens with zero attached hydrogens (tertiary/aromatic N) is 3. The molecule has 1 aliphatic rings. The highest BCUT2D eigenvalue weighted by Gasteiger charge is 2.18. The minimum Gasteiger partial charge on any atom is -0.478 e. The number of aromatic nitrogens is 2. The normalized spacial score (nSPS) is 14.2. The number of carboxylic acid groups (broad SMARTS) is 1. The molecule has 3 rings (SSSR count). The van der Waals surface area contributed by atoms with E-state index in [2.05, 4.69) is 14.5 Å². The number of anilines is 2. The molecule has 2 heterocycles. The Bertz CT molecular complexity index is 635. The lowest BCUT2D eigenvalue weighted by Gasteiger charge is -2.29. The largest absolute Gasteiger partial charge is 0.478 e. The molecular formula is C13H14N4O2. The number of hydrogen-bond donors (Lipinski definition) is 2. The summed E-state index contributed by atoms with van der Waals surface area (Å²) >= 11 is 0. The van der Waals surface area contributed by atoms with Gasteiger partial charge in [-0.05, 0) is 18.2 Å². The molecule has 3 N–H and O–H groups in total. The van der Waals surface area contributed by atoms with Crippen LogP contribution in [0.25, 0.3) is 0 Å². The number of carbonyl (C=O) groups is 1. The van der Waals surface area contributed by atoms with E-state index in [1.807, 2.05) is 6.20 Å². The highest BCUT2D eigenvalue weighted by atomic mass is 16.4. The molecule has 0 radical (unpaired) electrons. The van der Waals surface area contributed by atoms with E-state index in [-0.39, 0.29) is 5.56 Å². The number of nitrogens with two attached hydrogens (primary N) is 1. The number of imidazole rings is 1. The van der Waals surface area contributed by atoms with Gasteiger partial charge in [-0.2, -0.15) is 0 Å². The van der Waals surface area contributed by atoms with Crippen LogP contribution in [-0.4, -0.2) is 27.2 Å². The molecule has 6 nitrogen and oxygen atoms in total. The van der Waals surface area contributed by atoms with Crippen LogP contribution in [-0.2, 0) is 13.1 Å². The van der Waals surface area contributed by atoms with Gasteiger partial charge in [-0.3, -0.25) is 0 Å². The maximum absolute atomic E-state index is 10.9. The lowest BCUT2D eigenvalue weighted by atomic mass is 10.1. The van der Waals surface area contributed by atoms with Crippen molar-refractivity contribution in [1.29, 1.82) is 0 Å². The molecule has 1 aromatic carbocycles. The average Bonchev–Trinajstić information content (AvgIpc) is 2.85. The smallest absolute Gasteiger partial charge is 0.337 e. The standard InChI is InChI=1S/C13H14N4O2/c14-11-7-9(1-2-10(11)13(18)19)17-6-5-16-4-3-15-12(16)8-17/h1-4,7H,5-6,8,14H2,(H,18,19). The molecule has 0 saturated heterocycles. The van der Waals surface area contributed by atoms with Crippen molar-refractivity contribution in [2.24, 2.45) is 0 Å². The molecule has 1 aromatic heterocycles. The van der Waals surface area contributed by atoms with Crippen molar-refractivity contribution in [2.45, 2.75) is 13.1 Å². The van der Waals surface area contributed by atoms with Crippen LogP contribution in [0.5, 0.6) is 0 Å². The number of hydrogen-bond acceptors (Lipinski definition) is 4. The summed E-state index contributed by atoms with van der Waals surface area (Å²) in [7, 11) is 0. The van der Waals surface area contributed by atoms with Crippen LogP contribution >= 0.6 is 0 Å². The molecule has 0 bridgehead atoms. The van der Waals surface area contributed by atoms with E-state index in [0.29, 0.717) is 12.2 Å². The zero-order chi connectivity index (χ0) is 13.4. The predicted octanol–water partition coefficient (Wildman–Crippen LogP) is 1.18. The Morgan fingerprint density at radius 1 is 1.37 bits per heavy atom.